The van der Waals surface area contributed by atoms with E-state index in [-0.39, 0.29) is 24.0 Å². The van der Waals surface area contributed by atoms with Gasteiger partial charge in [-0.15, -0.1) is 24.0 Å². The number of nitrogens with one attached hydrogen (secondary N) is 2. The molecule has 2 fully saturated rings. The molecule has 6 nitrogen and oxygen atoms in total. The lowest BCUT2D eigenvalue weighted by atomic mass is 9.98. The van der Waals surface area contributed by atoms with Gasteiger partial charge in [0.05, 0.1) is 12.6 Å². The Morgan fingerprint density at radius 2 is 1.90 bits per heavy atom. The molecular weight excluding hydrogens is 491 g/mol. The van der Waals surface area contributed by atoms with Crippen molar-refractivity contribution in [3.05, 3.63) is 29.8 Å². The van der Waals surface area contributed by atoms with Crippen molar-refractivity contribution >= 4 is 35.8 Å². The number of carbonyl (C=O) groups excluding carboxylic acids is 1. The molecule has 2 N–H and O–H groups in total. The minimum Gasteiger partial charge on any atom is -0.490 e. The Labute approximate surface area is 198 Å². The first-order valence-corrected chi connectivity index (χ1v) is 11.3. The van der Waals surface area contributed by atoms with E-state index < -0.39 is 0 Å². The Morgan fingerprint density at radius 3 is 2.57 bits per heavy atom. The van der Waals surface area contributed by atoms with Gasteiger partial charge in [-0.3, -0.25) is 4.79 Å². The molecule has 3 rings (SSSR count). The molecule has 0 spiro atoms. The lowest BCUT2D eigenvalue weighted by Gasteiger charge is -2.23. The summed E-state index contributed by atoms with van der Waals surface area (Å²) < 4.78 is 6.10. The van der Waals surface area contributed by atoms with E-state index in [9.17, 15) is 4.79 Å². The van der Waals surface area contributed by atoms with Crippen molar-refractivity contribution in [1.29, 1.82) is 0 Å². The highest BCUT2D eigenvalue weighted by atomic mass is 127. The van der Waals surface area contributed by atoms with E-state index >= 15 is 0 Å². The fourth-order valence-corrected chi connectivity index (χ4v) is 3.98. The average molecular weight is 528 g/mol. The number of hydrogen-bond donors (Lipinski definition) is 2. The van der Waals surface area contributed by atoms with Crippen LogP contribution in [0.25, 0.3) is 0 Å². The quantitative estimate of drug-likeness (QED) is 0.220. The van der Waals surface area contributed by atoms with Crippen molar-refractivity contribution in [2.45, 2.75) is 70.9 Å². The largest absolute Gasteiger partial charge is 0.490 e. The van der Waals surface area contributed by atoms with E-state index in [0.29, 0.717) is 25.0 Å². The summed E-state index contributed by atoms with van der Waals surface area (Å²) in [5, 5.41) is 6.66. The van der Waals surface area contributed by atoms with Crippen LogP contribution in [0.1, 0.15) is 63.9 Å². The zero-order valence-electron chi connectivity index (χ0n) is 18.2. The van der Waals surface area contributed by atoms with E-state index in [1.165, 1.54) is 37.7 Å². The number of hydrogen-bond acceptors (Lipinski definition) is 3. The van der Waals surface area contributed by atoms with Crippen LogP contribution in [0.5, 0.6) is 5.75 Å². The predicted octanol–water partition coefficient (Wildman–Crippen LogP) is 4.08. The summed E-state index contributed by atoms with van der Waals surface area (Å²) in [7, 11) is 0. The highest BCUT2D eigenvalue weighted by Crippen LogP contribution is 2.23. The molecule has 0 atom stereocenters. The van der Waals surface area contributed by atoms with Crippen LogP contribution in [0.15, 0.2) is 29.3 Å². The Balaban J connectivity index is 0.00000320. The molecule has 2 aliphatic rings. The zero-order chi connectivity index (χ0) is 20.3. The van der Waals surface area contributed by atoms with E-state index in [1.54, 1.807) is 0 Å². The Bertz CT molecular complexity index is 660. The predicted molar refractivity (Wildman–Crippen MR) is 133 cm³/mol. The Hall–Kier alpha value is -1.51. The van der Waals surface area contributed by atoms with Gasteiger partial charge in [0.25, 0.3) is 0 Å². The minimum atomic E-state index is 0. The summed E-state index contributed by atoms with van der Waals surface area (Å²) >= 11 is 0. The fourth-order valence-electron chi connectivity index (χ4n) is 3.98. The summed E-state index contributed by atoms with van der Waals surface area (Å²) in [5.74, 6) is 2.08. The first-order valence-electron chi connectivity index (χ1n) is 11.3. The van der Waals surface area contributed by atoms with Crippen molar-refractivity contribution in [3.8, 4) is 5.75 Å². The lowest BCUT2D eigenvalue weighted by Crippen LogP contribution is -2.39. The van der Waals surface area contributed by atoms with Crippen LogP contribution in [0.2, 0.25) is 0 Å². The van der Waals surface area contributed by atoms with E-state index in [1.807, 2.05) is 4.90 Å². The Morgan fingerprint density at radius 1 is 1.13 bits per heavy atom. The number of nitrogens with zero attached hydrogens (tertiary/aromatic N) is 2. The molecule has 1 saturated heterocycles. The van der Waals surface area contributed by atoms with Gasteiger partial charge in [0.1, 0.15) is 5.75 Å². The van der Waals surface area contributed by atoms with Gasteiger partial charge in [-0.2, -0.15) is 0 Å². The molecule has 1 amide bonds. The van der Waals surface area contributed by atoms with Gasteiger partial charge < -0.3 is 20.3 Å². The molecule has 7 heteroatoms. The number of guanidine groups is 1. The summed E-state index contributed by atoms with van der Waals surface area (Å²) in [4.78, 5) is 18.3. The number of aliphatic imine (C=N–C) groups is 1. The molecule has 1 heterocycles. The molecule has 0 bridgehead atoms. The maximum absolute atomic E-state index is 11.7. The van der Waals surface area contributed by atoms with E-state index in [2.05, 4.69) is 46.8 Å². The maximum atomic E-state index is 11.7. The smallest absolute Gasteiger partial charge is 0.222 e. The molecular formula is C23H37IN4O2. The fraction of sp³-hybridized carbons (Fsp3) is 0.652. The average Bonchev–Trinajstić information content (AvgIpc) is 3.16. The number of benzene rings is 1. The minimum absolute atomic E-state index is 0. The van der Waals surface area contributed by atoms with Crippen LogP contribution in [0, 0.1) is 0 Å². The normalized spacial score (nSPS) is 17.6. The van der Waals surface area contributed by atoms with Crippen LogP contribution in [0.3, 0.4) is 0 Å². The molecule has 1 aromatic rings. The van der Waals surface area contributed by atoms with E-state index in [4.69, 9.17) is 4.74 Å². The van der Waals surface area contributed by atoms with Crippen molar-refractivity contribution in [1.82, 2.24) is 15.5 Å². The summed E-state index contributed by atoms with van der Waals surface area (Å²) in [6, 6.07) is 8.33. The molecule has 0 aromatic heterocycles. The standard InChI is InChI=1S/C23H36N4O2.HI/c1-2-24-23(25-15-7-17-27-16-6-10-22(27)28)26-18-19-11-13-21(14-12-19)29-20-8-4-3-5-9-20;/h11-14,20H,2-10,15-18H2,1H3,(H2,24,25,26);1H. The summed E-state index contributed by atoms with van der Waals surface area (Å²) in [5.41, 5.74) is 1.17. The van der Waals surface area contributed by atoms with Crippen molar-refractivity contribution in [2.24, 2.45) is 4.99 Å². The molecule has 1 aliphatic heterocycles. The highest BCUT2D eigenvalue weighted by Gasteiger charge is 2.19. The number of amides is 1. The van der Waals surface area contributed by atoms with Crippen molar-refractivity contribution in [3.63, 3.8) is 0 Å². The van der Waals surface area contributed by atoms with Crippen LogP contribution >= 0.6 is 24.0 Å². The van der Waals surface area contributed by atoms with Crippen LogP contribution < -0.4 is 15.4 Å². The Kier molecular flexibility index (Phi) is 11.3. The maximum Gasteiger partial charge on any atom is 0.222 e. The van der Waals surface area contributed by atoms with Gasteiger partial charge in [0, 0.05) is 32.6 Å². The van der Waals surface area contributed by atoms with Gasteiger partial charge in [-0.1, -0.05) is 18.6 Å². The van der Waals surface area contributed by atoms with Gasteiger partial charge in [-0.05, 0) is 63.1 Å². The second-order valence-corrected chi connectivity index (χ2v) is 7.98. The van der Waals surface area contributed by atoms with Crippen molar-refractivity contribution < 1.29 is 9.53 Å². The van der Waals surface area contributed by atoms with Gasteiger partial charge in [-0.25, -0.2) is 4.99 Å². The third-order valence-corrected chi connectivity index (χ3v) is 5.61. The lowest BCUT2D eigenvalue weighted by molar-refractivity contribution is -0.127. The molecule has 168 valence electrons. The third-order valence-electron chi connectivity index (χ3n) is 5.61. The van der Waals surface area contributed by atoms with Crippen molar-refractivity contribution in [2.75, 3.05) is 26.2 Å². The van der Waals surface area contributed by atoms with Gasteiger partial charge >= 0.3 is 0 Å². The SMILES string of the molecule is CCNC(=NCc1ccc(OC2CCCCC2)cc1)NCCCN1CCCC1=O.I. The molecule has 1 saturated carbocycles. The van der Waals surface area contributed by atoms with Crippen LogP contribution in [0.4, 0.5) is 0 Å². The topological polar surface area (TPSA) is 66.0 Å². The molecule has 30 heavy (non-hydrogen) atoms. The first-order chi connectivity index (χ1) is 14.2. The monoisotopic (exact) mass is 528 g/mol. The first kappa shape index (κ1) is 24.8. The van der Waals surface area contributed by atoms with Gasteiger partial charge in [0.15, 0.2) is 5.96 Å². The molecule has 1 aliphatic carbocycles. The summed E-state index contributed by atoms with van der Waals surface area (Å²) in [6.07, 6.45) is 9.29. The van der Waals surface area contributed by atoms with Crippen LogP contribution in [-0.2, 0) is 11.3 Å². The second kappa shape index (κ2) is 13.7. The van der Waals surface area contributed by atoms with E-state index in [0.717, 1.165) is 50.7 Å². The molecule has 1 aromatic carbocycles. The second-order valence-electron chi connectivity index (χ2n) is 7.98. The number of carbonyl (C=O) groups is 1. The molecule has 0 unspecified atom stereocenters. The third kappa shape index (κ3) is 8.32. The summed E-state index contributed by atoms with van der Waals surface area (Å²) in [6.45, 7) is 6.07. The number of likely N-dealkylation sites (tertiary alicyclic amines) is 1. The highest BCUT2D eigenvalue weighted by molar-refractivity contribution is 14.0. The molecule has 0 radical (unpaired) electrons. The van der Waals surface area contributed by atoms with Gasteiger partial charge in [0.2, 0.25) is 5.91 Å². The number of halogens is 1. The number of rotatable bonds is 9. The zero-order valence-corrected chi connectivity index (χ0v) is 20.5. The number of ether oxygens (including phenoxy) is 1. The van der Waals surface area contributed by atoms with Crippen LogP contribution in [-0.4, -0.2) is 49.0 Å².